The lowest BCUT2D eigenvalue weighted by molar-refractivity contribution is -0.134. The van der Waals surface area contributed by atoms with Gasteiger partial charge in [0.05, 0.1) is 44.9 Å². The molecule has 14 nitrogen and oxygen atoms in total. The quantitative estimate of drug-likeness (QED) is 0.0319. The maximum absolute atomic E-state index is 15.2. The second-order valence-electron chi connectivity index (χ2n) is 25.5. The van der Waals surface area contributed by atoms with Gasteiger partial charge in [0.25, 0.3) is 0 Å². The Morgan fingerprint density at radius 2 is 0.750 bits per heavy atom. The first-order valence-corrected chi connectivity index (χ1v) is 33.2. The lowest BCUT2D eigenvalue weighted by Crippen LogP contribution is -2.62. The van der Waals surface area contributed by atoms with Crippen LogP contribution in [0.4, 0.5) is 0 Å². The number of rotatable bonds is 25. The molecule has 0 aromatic heterocycles. The zero-order valence-corrected chi connectivity index (χ0v) is 51.1. The molecule has 2 aliphatic carbocycles. The van der Waals surface area contributed by atoms with E-state index in [1.54, 1.807) is 41.5 Å². The largest absolute Gasteiger partial charge is 0.388 e. The van der Waals surface area contributed by atoms with Gasteiger partial charge in [-0.15, -0.1) is 0 Å². The van der Waals surface area contributed by atoms with Gasteiger partial charge in [0.2, 0.25) is 23.6 Å². The molecule has 8 atom stereocenters. The highest BCUT2D eigenvalue weighted by Crippen LogP contribution is 2.33. The third kappa shape index (κ3) is 16.1. The van der Waals surface area contributed by atoms with Gasteiger partial charge in [0, 0.05) is 0 Å². The van der Waals surface area contributed by atoms with E-state index in [1.165, 1.54) is 0 Å². The monoisotopic (exact) mass is 1180 g/mol. The number of nitrogens with one attached hydrogen (secondary N) is 4. The molecule has 0 unspecified atom stereocenters. The molecule has 6 aromatic carbocycles. The van der Waals surface area contributed by atoms with Gasteiger partial charge in [0.15, 0.2) is 19.7 Å². The van der Waals surface area contributed by atoms with Crippen LogP contribution in [0.25, 0.3) is 21.5 Å². The first kappa shape index (κ1) is 63.6. The minimum absolute atomic E-state index is 0.0337. The summed E-state index contributed by atoms with van der Waals surface area (Å²) in [7, 11) is -7.70. The minimum Gasteiger partial charge on any atom is -0.388 e. The fourth-order valence-electron chi connectivity index (χ4n) is 12.1. The van der Waals surface area contributed by atoms with Crippen LogP contribution in [0.3, 0.4) is 0 Å². The Kier molecular flexibility index (Phi) is 21.0. The molecular weight excluding hydrogens is 1100 g/mol. The summed E-state index contributed by atoms with van der Waals surface area (Å²) in [6.45, 7) is 9.63. The molecule has 6 aromatic rings. The Hall–Kier alpha value is -6.46. The average Bonchev–Trinajstić information content (AvgIpc) is 3.64. The van der Waals surface area contributed by atoms with Crippen LogP contribution in [0.2, 0.25) is 0 Å². The van der Waals surface area contributed by atoms with Crippen molar-refractivity contribution in [1.82, 2.24) is 21.3 Å². The molecule has 0 heterocycles. The molecule has 0 aliphatic heterocycles. The number of aliphatic hydroxyl groups excluding tert-OH is 2. The summed E-state index contributed by atoms with van der Waals surface area (Å²) in [6, 6.07) is 40.5. The third-order valence-corrected chi connectivity index (χ3v) is 22.9. The molecule has 0 saturated heterocycles. The summed E-state index contributed by atoms with van der Waals surface area (Å²) >= 11 is 0. The predicted molar refractivity (Wildman–Crippen MR) is 333 cm³/mol. The van der Waals surface area contributed by atoms with Gasteiger partial charge in [-0.1, -0.05) is 171 Å². The molecule has 6 N–H and O–H groups in total. The molecule has 0 spiro atoms. The van der Waals surface area contributed by atoms with E-state index >= 15 is 9.59 Å². The molecule has 0 bridgehead atoms. The van der Waals surface area contributed by atoms with Crippen molar-refractivity contribution < 1.29 is 46.2 Å². The summed E-state index contributed by atoms with van der Waals surface area (Å²) < 4.78 is 53.5. The van der Waals surface area contributed by atoms with E-state index in [0.29, 0.717) is 25.7 Å². The zero-order valence-electron chi connectivity index (χ0n) is 49.5. The van der Waals surface area contributed by atoms with E-state index in [9.17, 15) is 36.6 Å². The van der Waals surface area contributed by atoms with E-state index in [0.717, 1.165) is 69.5 Å². The van der Waals surface area contributed by atoms with E-state index in [-0.39, 0.29) is 37.5 Å². The van der Waals surface area contributed by atoms with Gasteiger partial charge in [-0.3, -0.25) is 19.2 Å². The van der Waals surface area contributed by atoms with Crippen molar-refractivity contribution in [3.05, 3.63) is 168 Å². The molecule has 2 fully saturated rings. The standard InChI is InChI=1S/C68H86N4O10S2/c1-67(2,3)83(79,80)43-53(41-51-35-21-33-47-27-17-19-37-55(47)51)63(75)71-59(49-29-13-14-30-49)65(77)69-57(39-45-23-9-7-10-24-45)61(73)62(74)58(40-46-25-11-8-12-26-46)70-66(78)60(50-31-15-16-32-50)72-64(76)54(44-84(81,82)68(4,5)6)42-52-36-22-34-48-28-18-20-38-56(48)52/h7-12,17-28,33-38,49-50,53-54,57-62,73-74H,13-16,29-32,39-44H2,1-6H3,(H,69,77)(H,70,78)(H,71,75)(H,72,76)/t53-,54-,57+,58+,59+,60+,61-,62-/m1/s1. The first-order valence-electron chi connectivity index (χ1n) is 29.9. The SMILES string of the molecule is CC(C)(C)S(=O)(=O)C[C@@H](Cc1cccc2ccccc12)C(=O)N[C@H](C(=O)N[C@@H](Cc1ccccc1)[C@@H](O)[C@H](O)[C@H](Cc1ccccc1)NC(=O)[C@@H](NC(=O)[C@H](Cc1cccc2ccccc12)CS(=O)(=O)C(C)(C)C)C1CCCC1)C1CCCC1. The van der Waals surface area contributed by atoms with Crippen molar-refractivity contribution in [2.45, 2.75) is 164 Å². The van der Waals surface area contributed by atoms with Crippen molar-refractivity contribution >= 4 is 64.8 Å². The predicted octanol–water partition coefficient (Wildman–Crippen LogP) is 8.96. The topological polar surface area (TPSA) is 225 Å². The first-order chi connectivity index (χ1) is 39.9. The third-order valence-electron chi connectivity index (χ3n) is 17.5. The second kappa shape index (κ2) is 27.7. The van der Waals surface area contributed by atoms with Crippen LogP contribution in [0.15, 0.2) is 146 Å². The van der Waals surface area contributed by atoms with Gasteiger partial charge < -0.3 is 31.5 Å². The summed E-state index contributed by atoms with van der Waals surface area (Å²) in [6.07, 6.45) is 2.46. The maximum atomic E-state index is 15.2. The number of sulfone groups is 2. The van der Waals surface area contributed by atoms with Gasteiger partial charge in [0.1, 0.15) is 24.3 Å². The Morgan fingerprint density at radius 3 is 1.10 bits per heavy atom. The van der Waals surface area contributed by atoms with Crippen LogP contribution < -0.4 is 21.3 Å². The molecule has 84 heavy (non-hydrogen) atoms. The number of amides is 4. The average molecular weight is 1180 g/mol. The van der Waals surface area contributed by atoms with Gasteiger partial charge in [-0.25, -0.2) is 16.8 Å². The highest BCUT2D eigenvalue weighted by atomic mass is 32.2. The second-order valence-corrected chi connectivity index (χ2v) is 31.1. The van der Waals surface area contributed by atoms with E-state index in [4.69, 9.17) is 0 Å². The van der Waals surface area contributed by atoms with Crippen LogP contribution in [-0.4, -0.2) is 108 Å². The number of carbonyl (C=O) groups is 4. The molecule has 4 amide bonds. The van der Waals surface area contributed by atoms with Crippen LogP contribution in [0.1, 0.15) is 115 Å². The van der Waals surface area contributed by atoms with Crippen LogP contribution in [0.5, 0.6) is 0 Å². The van der Waals surface area contributed by atoms with Gasteiger partial charge in [-0.2, -0.15) is 0 Å². The van der Waals surface area contributed by atoms with Crippen molar-refractivity contribution in [3.63, 3.8) is 0 Å². The zero-order chi connectivity index (χ0) is 60.4. The molecule has 2 aliphatic rings. The molecular formula is C68H86N4O10S2. The normalized spacial score (nSPS) is 17.6. The number of benzene rings is 6. The van der Waals surface area contributed by atoms with Crippen LogP contribution in [-0.2, 0) is 64.5 Å². The number of fused-ring (bicyclic) bond motifs is 2. The fourth-order valence-corrected chi connectivity index (χ4v) is 14.7. The number of carbonyl (C=O) groups excluding carboxylic acids is 4. The molecule has 0 radical (unpaired) electrons. The fraction of sp³-hybridized carbons (Fsp3) is 0.471. The molecule has 16 heteroatoms. The highest BCUT2D eigenvalue weighted by molar-refractivity contribution is 7.93. The summed E-state index contributed by atoms with van der Waals surface area (Å²) in [5.74, 6) is -6.10. The Labute approximate surface area is 497 Å². The highest BCUT2D eigenvalue weighted by Gasteiger charge is 2.43. The van der Waals surface area contributed by atoms with Crippen molar-refractivity contribution in [3.8, 4) is 0 Å². The van der Waals surface area contributed by atoms with Crippen molar-refractivity contribution in [1.29, 1.82) is 0 Å². The van der Waals surface area contributed by atoms with E-state index < -0.39 is 113 Å². The lowest BCUT2D eigenvalue weighted by Gasteiger charge is -2.36. The Morgan fingerprint density at radius 1 is 0.429 bits per heavy atom. The summed E-state index contributed by atoms with van der Waals surface area (Å²) in [4.78, 5) is 60.1. The van der Waals surface area contributed by atoms with E-state index in [2.05, 4.69) is 21.3 Å². The summed E-state index contributed by atoms with van der Waals surface area (Å²) in [5, 5.41) is 41.2. The van der Waals surface area contributed by atoms with Crippen LogP contribution >= 0.6 is 0 Å². The van der Waals surface area contributed by atoms with Crippen molar-refractivity contribution in [2.75, 3.05) is 11.5 Å². The number of hydrogen-bond donors (Lipinski definition) is 6. The Bertz CT molecular complexity index is 3200. The smallest absolute Gasteiger partial charge is 0.243 e. The van der Waals surface area contributed by atoms with Crippen LogP contribution in [0, 0.1) is 23.7 Å². The van der Waals surface area contributed by atoms with Gasteiger partial charge >= 0.3 is 0 Å². The number of hydrogen-bond acceptors (Lipinski definition) is 10. The summed E-state index contributed by atoms with van der Waals surface area (Å²) in [5.41, 5.74) is 3.02. The molecule has 2 saturated carbocycles. The Balaban J connectivity index is 1.09. The lowest BCUT2D eigenvalue weighted by atomic mass is 9.89. The minimum atomic E-state index is -3.85. The molecule has 8 rings (SSSR count). The van der Waals surface area contributed by atoms with Crippen molar-refractivity contribution in [2.24, 2.45) is 23.7 Å². The molecule has 450 valence electrons. The maximum Gasteiger partial charge on any atom is 0.243 e. The number of aliphatic hydroxyl groups is 2. The van der Waals surface area contributed by atoms with Gasteiger partial charge in [-0.05, 0) is 149 Å². The van der Waals surface area contributed by atoms with E-state index in [1.807, 2.05) is 146 Å².